The maximum absolute atomic E-state index is 12.3. The Kier molecular flexibility index (Phi) is 5.04. The van der Waals surface area contributed by atoms with Gasteiger partial charge in [0.15, 0.2) is 0 Å². The summed E-state index contributed by atoms with van der Waals surface area (Å²) in [4.78, 5) is 20.8. The third-order valence-corrected chi connectivity index (χ3v) is 3.89. The van der Waals surface area contributed by atoms with Gasteiger partial charge in [-0.2, -0.15) is 0 Å². The van der Waals surface area contributed by atoms with Crippen LogP contribution in [0.15, 0.2) is 61.1 Å². The molecule has 5 heteroatoms. The summed E-state index contributed by atoms with van der Waals surface area (Å²) in [6.07, 6.45) is 5.23. The van der Waals surface area contributed by atoms with Crippen molar-refractivity contribution >= 4 is 5.91 Å². The van der Waals surface area contributed by atoms with Crippen molar-refractivity contribution in [3.8, 4) is 17.0 Å². The van der Waals surface area contributed by atoms with E-state index in [1.807, 2.05) is 37.3 Å². The molecule has 1 amide bonds. The fraction of sp³-hybridized carbons (Fsp3) is 0.150. The topological polar surface area (TPSA) is 64.1 Å². The molecule has 1 N–H and O–H groups in total. The van der Waals surface area contributed by atoms with Gasteiger partial charge in [-0.05, 0) is 60.5 Å². The molecule has 0 unspecified atom stereocenters. The van der Waals surface area contributed by atoms with Gasteiger partial charge in [0.1, 0.15) is 5.75 Å². The fourth-order valence-corrected chi connectivity index (χ4v) is 2.56. The van der Waals surface area contributed by atoms with E-state index in [1.54, 1.807) is 37.8 Å². The number of aromatic nitrogens is 2. The minimum absolute atomic E-state index is 0.120. The lowest BCUT2D eigenvalue weighted by molar-refractivity contribution is 0.0951. The molecular formula is C20H19N3O2. The summed E-state index contributed by atoms with van der Waals surface area (Å²) in [5, 5.41) is 2.94. The molecule has 0 fully saturated rings. The normalized spacial score (nSPS) is 10.3. The van der Waals surface area contributed by atoms with Gasteiger partial charge >= 0.3 is 0 Å². The number of aryl methyl sites for hydroxylation is 1. The van der Waals surface area contributed by atoms with E-state index in [-0.39, 0.29) is 5.91 Å². The standard InChI is InChI=1S/C20H19N3O2/c1-14-10-16(5-6-19(14)25-2)20(24)23-12-15-7-9-22-18(11-15)17-4-3-8-21-13-17/h3-11,13H,12H2,1-2H3,(H,23,24). The first kappa shape index (κ1) is 16.6. The minimum atomic E-state index is -0.120. The molecule has 0 saturated heterocycles. The van der Waals surface area contributed by atoms with E-state index in [1.165, 1.54) is 0 Å². The number of rotatable bonds is 5. The molecule has 0 aliphatic heterocycles. The summed E-state index contributed by atoms with van der Waals surface area (Å²) in [5.41, 5.74) is 4.30. The molecule has 0 radical (unpaired) electrons. The van der Waals surface area contributed by atoms with Crippen LogP contribution in [0.2, 0.25) is 0 Å². The molecule has 0 aliphatic carbocycles. The highest BCUT2D eigenvalue weighted by Gasteiger charge is 2.08. The van der Waals surface area contributed by atoms with Crippen LogP contribution in [0.5, 0.6) is 5.75 Å². The average Bonchev–Trinajstić information content (AvgIpc) is 2.67. The highest BCUT2D eigenvalue weighted by Crippen LogP contribution is 2.19. The highest BCUT2D eigenvalue weighted by molar-refractivity contribution is 5.94. The van der Waals surface area contributed by atoms with Gasteiger partial charge in [-0.3, -0.25) is 14.8 Å². The van der Waals surface area contributed by atoms with Crippen molar-refractivity contribution in [3.05, 3.63) is 77.7 Å². The van der Waals surface area contributed by atoms with E-state index in [4.69, 9.17) is 4.74 Å². The maximum atomic E-state index is 12.3. The first-order chi connectivity index (χ1) is 12.2. The molecule has 0 bridgehead atoms. The molecule has 126 valence electrons. The molecule has 3 rings (SSSR count). The van der Waals surface area contributed by atoms with Crippen molar-refractivity contribution in [3.63, 3.8) is 0 Å². The molecule has 2 heterocycles. The van der Waals surface area contributed by atoms with Crippen LogP contribution in [-0.2, 0) is 6.54 Å². The lowest BCUT2D eigenvalue weighted by atomic mass is 10.1. The van der Waals surface area contributed by atoms with Crippen LogP contribution in [-0.4, -0.2) is 23.0 Å². The van der Waals surface area contributed by atoms with Gasteiger partial charge in [0.25, 0.3) is 5.91 Å². The second-order valence-electron chi connectivity index (χ2n) is 5.66. The van der Waals surface area contributed by atoms with Crippen LogP contribution in [0.1, 0.15) is 21.5 Å². The largest absolute Gasteiger partial charge is 0.496 e. The van der Waals surface area contributed by atoms with Crippen molar-refractivity contribution < 1.29 is 9.53 Å². The fourth-order valence-electron chi connectivity index (χ4n) is 2.56. The van der Waals surface area contributed by atoms with Gasteiger partial charge in [0, 0.05) is 36.3 Å². The number of nitrogens with zero attached hydrogens (tertiary/aromatic N) is 2. The Balaban J connectivity index is 1.69. The van der Waals surface area contributed by atoms with Gasteiger partial charge in [0.05, 0.1) is 12.8 Å². The molecule has 0 atom stereocenters. The van der Waals surface area contributed by atoms with Crippen LogP contribution >= 0.6 is 0 Å². The Morgan fingerprint density at radius 1 is 1.16 bits per heavy atom. The second-order valence-corrected chi connectivity index (χ2v) is 5.66. The zero-order valence-electron chi connectivity index (χ0n) is 14.2. The summed E-state index contributed by atoms with van der Waals surface area (Å²) in [7, 11) is 1.62. The number of methoxy groups -OCH3 is 1. The Bertz CT molecular complexity index is 879. The van der Waals surface area contributed by atoms with Crippen molar-refractivity contribution in [2.75, 3.05) is 7.11 Å². The highest BCUT2D eigenvalue weighted by atomic mass is 16.5. The van der Waals surface area contributed by atoms with E-state index >= 15 is 0 Å². The van der Waals surface area contributed by atoms with Gasteiger partial charge in [-0.1, -0.05) is 0 Å². The summed E-state index contributed by atoms with van der Waals surface area (Å²) >= 11 is 0. The van der Waals surface area contributed by atoms with Gasteiger partial charge in [-0.15, -0.1) is 0 Å². The van der Waals surface area contributed by atoms with Crippen molar-refractivity contribution in [2.45, 2.75) is 13.5 Å². The van der Waals surface area contributed by atoms with E-state index in [9.17, 15) is 4.79 Å². The van der Waals surface area contributed by atoms with Crippen LogP contribution in [0.3, 0.4) is 0 Å². The van der Waals surface area contributed by atoms with Crippen LogP contribution in [0.25, 0.3) is 11.3 Å². The number of carbonyl (C=O) groups is 1. The summed E-state index contributed by atoms with van der Waals surface area (Å²) in [6.45, 7) is 2.35. The molecule has 5 nitrogen and oxygen atoms in total. The lowest BCUT2D eigenvalue weighted by Crippen LogP contribution is -2.22. The first-order valence-electron chi connectivity index (χ1n) is 7.95. The predicted octanol–water partition coefficient (Wildman–Crippen LogP) is 3.39. The summed E-state index contributed by atoms with van der Waals surface area (Å²) < 4.78 is 5.22. The Labute approximate surface area is 146 Å². The van der Waals surface area contributed by atoms with Crippen LogP contribution in [0, 0.1) is 6.92 Å². The summed E-state index contributed by atoms with van der Waals surface area (Å²) in [5.74, 6) is 0.650. The molecule has 2 aromatic heterocycles. The number of pyridine rings is 2. The number of ether oxygens (including phenoxy) is 1. The number of hydrogen-bond acceptors (Lipinski definition) is 4. The molecule has 0 aliphatic rings. The van der Waals surface area contributed by atoms with Gasteiger partial charge in [-0.25, -0.2) is 0 Å². The molecule has 0 spiro atoms. The zero-order valence-corrected chi connectivity index (χ0v) is 14.2. The van der Waals surface area contributed by atoms with Crippen molar-refractivity contribution in [1.29, 1.82) is 0 Å². The number of nitrogens with one attached hydrogen (secondary N) is 1. The van der Waals surface area contributed by atoms with E-state index in [0.29, 0.717) is 12.1 Å². The maximum Gasteiger partial charge on any atom is 0.251 e. The SMILES string of the molecule is COc1ccc(C(=O)NCc2ccnc(-c3cccnc3)c2)cc1C. The Hall–Kier alpha value is -3.21. The predicted molar refractivity (Wildman–Crippen MR) is 96.4 cm³/mol. The van der Waals surface area contributed by atoms with Crippen LogP contribution < -0.4 is 10.1 Å². The molecular weight excluding hydrogens is 314 g/mol. The monoisotopic (exact) mass is 333 g/mol. The van der Waals surface area contributed by atoms with Gasteiger partial charge in [0.2, 0.25) is 0 Å². The lowest BCUT2D eigenvalue weighted by Gasteiger charge is -2.09. The minimum Gasteiger partial charge on any atom is -0.496 e. The quantitative estimate of drug-likeness (QED) is 0.777. The Morgan fingerprint density at radius 3 is 2.76 bits per heavy atom. The number of amides is 1. The first-order valence-corrected chi connectivity index (χ1v) is 7.95. The van der Waals surface area contributed by atoms with Crippen molar-refractivity contribution in [2.24, 2.45) is 0 Å². The zero-order chi connectivity index (χ0) is 17.6. The van der Waals surface area contributed by atoms with Crippen LogP contribution in [0.4, 0.5) is 0 Å². The van der Waals surface area contributed by atoms with E-state index in [2.05, 4.69) is 15.3 Å². The second kappa shape index (κ2) is 7.57. The third-order valence-electron chi connectivity index (χ3n) is 3.89. The number of hydrogen-bond donors (Lipinski definition) is 1. The number of carbonyl (C=O) groups excluding carboxylic acids is 1. The smallest absolute Gasteiger partial charge is 0.251 e. The van der Waals surface area contributed by atoms with Crippen molar-refractivity contribution in [1.82, 2.24) is 15.3 Å². The molecule has 0 saturated carbocycles. The average molecular weight is 333 g/mol. The summed E-state index contributed by atoms with van der Waals surface area (Å²) in [6, 6.07) is 13.1. The molecule has 1 aromatic carbocycles. The number of benzene rings is 1. The third kappa shape index (κ3) is 4.01. The van der Waals surface area contributed by atoms with E-state index < -0.39 is 0 Å². The van der Waals surface area contributed by atoms with Gasteiger partial charge < -0.3 is 10.1 Å². The Morgan fingerprint density at radius 2 is 2.04 bits per heavy atom. The molecule has 3 aromatic rings. The van der Waals surface area contributed by atoms with E-state index in [0.717, 1.165) is 28.1 Å². The molecule has 25 heavy (non-hydrogen) atoms.